The first-order chi connectivity index (χ1) is 8.02. The Bertz CT molecular complexity index is 404. The molecule has 0 aliphatic rings. The fourth-order valence-corrected chi connectivity index (χ4v) is 2.26. The maximum Gasteiger partial charge on any atom is 0.210 e. The van der Waals surface area contributed by atoms with Gasteiger partial charge in [0.2, 0.25) is 5.96 Å². The minimum Gasteiger partial charge on any atom is -0.324 e. The molecular formula is C11H16Br2N4. The number of hydrogen-bond donors (Lipinski definition) is 3. The molecule has 0 saturated heterocycles. The van der Waals surface area contributed by atoms with E-state index in [1.54, 1.807) is 0 Å². The van der Waals surface area contributed by atoms with Crippen LogP contribution in [0.4, 0.5) is 5.69 Å². The van der Waals surface area contributed by atoms with Crippen LogP contribution < -0.4 is 16.6 Å². The highest BCUT2D eigenvalue weighted by atomic mass is 79.9. The van der Waals surface area contributed by atoms with Gasteiger partial charge in [-0.2, -0.15) is 0 Å². The lowest BCUT2D eigenvalue weighted by atomic mass is 10.2. The van der Waals surface area contributed by atoms with E-state index in [1.165, 1.54) is 0 Å². The Morgan fingerprint density at radius 3 is 2.65 bits per heavy atom. The van der Waals surface area contributed by atoms with Crippen LogP contribution in [0.1, 0.15) is 13.8 Å². The number of nitrogens with two attached hydrogens (primary N) is 1. The summed E-state index contributed by atoms with van der Waals surface area (Å²) in [5.41, 5.74) is 3.46. The van der Waals surface area contributed by atoms with E-state index >= 15 is 0 Å². The third-order valence-electron chi connectivity index (χ3n) is 1.94. The number of halogens is 2. The van der Waals surface area contributed by atoms with Gasteiger partial charge in [-0.05, 0) is 40.0 Å². The maximum atomic E-state index is 5.42. The van der Waals surface area contributed by atoms with Crippen LogP contribution in [0.5, 0.6) is 0 Å². The van der Waals surface area contributed by atoms with Crippen molar-refractivity contribution in [2.45, 2.75) is 13.8 Å². The molecule has 94 valence electrons. The summed E-state index contributed by atoms with van der Waals surface area (Å²) >= 11 is 6.87. The standard InChI is InChI=1S/C11H16Br2N4/c1-7(2)6-15-11(17-14)16-10-4-3-8(12)5-9(10)13/h3-5,7H,6,14H2,1-2H3,(H2,15,16,17). The van der Waals surface area contributed by atoms with Crippen LogP contribution in [0, 0.1) is 5.92 Å². The van der Waals surface area contributed by atoms with Gasteiger partial charge >= 0.3 is 0 Å². The van der Waals surface area contributed by atoms with Gasteiger partial charge in [-0.3, -0.25) is 10.4 Å². The van der Waals surface area contributed by atoms with Crippen molar-refractivity contribution in [2.24, 2.45) is 16.8 Å². The Kier molecular flexibility index (Phi) is 5.94. The van der Waals surface area contributed by atoms with E-state index in [9.17, 15) is 0 Å². The molecular weight excluding hydrogens is 348 g/mol. The van der Waals surface area contributed by atoms with Crippen molar-refractivity contribution >= 4 is 43.5 Å². The van der Waals surface area contributed by atoms with Gasteiger partial charge in [-0.1, -0.05) is 29.8 Å². The first-order valence-corrected chi connectivity index (χ1v) is 6.84. The Hall–Kier alpha value is -0.590. The number of rotatable bonds is 3. The molecule has 1 aromatic carbocycles. The van der Waals surface area contributed by atoms with E-state index in [2.05, 4.69) is 61.4 Å². The van der Waals surface area contributed by atoms with Gasteiger partial charge in [0, 0.05) is 15.5 Å². The van der Waals surface area contributed by atoms with E-state index in [4.69, 9.17) is 5.84 Å². The predicted molar refractivity (Wildman–Crippen MR) is 79.9 cm³/mol. The second kappa shape index (κ2) is 6.98. The van der Waals surface area contributed by atoms with Gasteiger partial charge in [-0.25, -0.2) is 5.84 Å². The number of hydrogen-bond acceptors (Lipinski definition) is 2. The molecule has 6 heteroatoms. The molecule has 0 bridgehead atoms. The Morgan fingerprint density at radius 2 is 2.12 bits per heavy atom. The average molecular weight is 364 g/mol. The molecule has 0 aliphatic carbocycles. The summed E-state index contributed by atoms with van der Waals surface area (Å²) in [5.74, 6) is 6.47. The van der Waals surface area contributed by atoms with E-state index < -0.39 is 0 Å². The molecule has 0 radical (unpaired) electrons. The quantitative estimate of drug-likeness (QED) is 0.334. The smallest absolute Gasteiger partial charge is 0.210 e. The van der Waals surface area contributed by atoms with Crippen LogP contribution in [0.2, 0.25) is 0 Å². The summed E-state index contributed by atoms with van der Waals surface area (Å²) in [4.78, 5) is 4.34. The van der Waals surface area contributed by atoms with Crippen LogP contribution in [0.15, 0.2) is 32.1 Å². The predicted octanol–water partition coefficient (Wildman–Crippen LogP) is 3.10. The van der Waals surface area contributed by atoms with Crippen molar-refractivity contribution in [3.05, 3.63) is 27.1 Å². The highest BCUT2D eigenvalue weighted by Crippen LogP contribution is 2.25. The van der Waals surface area contributed by atoms with Gasteiger partial charge in [0.25, 0.3) is 0 Å². The van der Waals surface area contributed by atoms with Crippen molar-refractivity contribution in [3.8, 4) is 0 Å². The minimum absolute atomic E-state index is 0.494. The third kappa shape index (κ3) is 5.06. The Labute approximate surface area is 118 Å². The second-order valence-electron chi connectivity index (χ2n) is 3.98. The van der Waals surface area contributed by atoms with Gasteiger partial charge < -0.3 is 5.32 Å². The number of anilines is 1. The number of nitrogens with one attached hydrogen (secondary N) is 2. The van der Waals surface area contributed by atoms with Crippen molar-refractivity contribution < 1.29 is 0 Å². The van der Waals surface area contributed by atoms with E-state index in [0.717, 1.165) is 21.2 Å². The average Bonchev–Trinajstić information content (AvgIpc) is 2.26. The summed E-state index contributed by atoms with van der Waals surface area (Å²) in [5, 5.41) is 3.13. The van der Waals surface area contributed by atoms with Crippen molar-refractivity contribution in [2.75, 3.05) is 11.9 Å². The first-order valence-electron chi connectivity index (χ1n) is 5.26. The summed E-state index contributed by atoms with van der Waals surface area (Å²) in [6.07, 6.45) is 0. The van der Waals surface area contributed by atoms with Gasteiger partial charge in [0.1, 0.15) is 0 Å². The SMILES string of the molecule is CC(C)CN=C(NN)Nc1ccc(Br)cc1Br. The monoisotopic (exact) mass is 362 g/mol. The third-order valence-corrected chi connectivity index (χ3v) is 3.08. The molecule has 0 fully saturated rings. The molecule has 0 spiro atoms. The summed E-state index contributed by atoms with van der Waals surface area (Å²) in [6.45, 7) is 4.93. The number of hydrazine groups is 1. The van der Waals surface area contributed by atoms with Crippen LogP contribution in [0.3, 0.4) is 0 Å². The van der Waals surface area contributed by atoms with Crippen molar-refractivity contribution in [1.29, 1.82) is 0 Å². The normalized spacial score (nSPS) is 11.8. The maximum absolute atomic E-state index is 5.42. The lowest BCUT2D eigenvalue weighted by Crippen LogP contribution is -2.36. The van der Waals surface area contributed by atoms with Gasteiger partial charge in [0.15, 0.2) is 0 Å². The van der Waals surface area contributed by atoms with Crippen LogP contribution >= 0.6 is 31.9 Å². The topological polar surface area (TPSA) is 62.4 Å². The zero-order valence-electron chi connectivity index (χ0n) is 9.80. The molecule has 0 amide bonds. The van der Waals surface area contributed by atoms with Crippen LogP contribution in [-0.2, 0) is 0 Å². The highest BCUT2D eigenvalue weighted by Gasteiger charge is 2.03. The fourth-order valence-electron chi connectivity index (χ4n) is 1.11. The zero-order chi connectivity index (χ0) is 12.8. The number of benzene rings is 1. The van der Waals surface area contributed by atoms with Crippen LogP contribution in [0.25, 0.3) is 0 Å². The molecule has 4 N–H and O–H groups in total. The molecule has 0 heterocycles. The molecule has 0 saturated carbocycles. The molecule has 0 atom stereocenters. The van der Waals surface area contributed by atoms with Crippen molar-refractivity contribution in [3.63, 3.8) is 0 Å². The highest BCUT2D eigenvalue weighted by molar-refractivity contribution is 9.11. The zero-order valence-corrected chi connectivity index (χ0v) is 13.0. The minimum atomic E-state index is 0.494. The number of nitrogens with zero attached hydrogens (tertiary/aromatic N) is 1. The Morgan fingerprint density at radius 1 is 1.41 bits per heavy atom. The van der Waals surface area contributed by atoms with Crippen molar-refractivity contribution in [1.82, 2.24) is 5.43 Å². The second-order valence-corrected chi connectivity index (χ2v) is 5.75. The summed E-state index contributed by atoms with van der Waals surface area (Å²) in [6, 6.07) is 5.85. The van der Waals surface area contributed by atoms with E-state index in [0.29, 0.717) is 11.9 Å². The molecule has 1 rings (SSSR count). The lowest BCUT2D eigenvalue weighted by molar-refractivity contribution is 0.663. The number of guanidine groups is 1. The molecule has 0 unspecified atom stereocenters. The largest absolute Gasteiger partial charge is 0.324 e. The van der Waals surface area contributed by atoms with Gasteiger partial charge in [0.05, 0.1) is 5.69 Å². The van der Waals surface area contributed by atoms with E-state index in [-0.39, 0.29) is 0 Å². The molecule has 4 nitrogen and oxygen atoms in total. The van der Waals surface area contributed by atoms with Crippen LogP contribution in [-0.4, -0.2) is 12.5 Å². The fraction of sp³-hybridized carbons (Fsp3) is 0.364. The molecule has 17 heavy (non-hydrogen) atoms. The molecule has 1 aromatic rings. The molecule has 0 aliphatic heterocycles. The summed E-state index contributed by atoms with van der Waals surface area (Å²) in [7, 11) is 0. The summed E-state index contributed by atoms with van der Waals surface area (Å²) < 4.78 is 1.95. The Balaban J connectivity index is 2.77. The first kappa shape index (κ1) is 14.5. The molecule has 0 aromatic heterocycles. The lowest BCUT2D eigenvalue weighted by Gasteiger charge is -2.11. The van der Waals surface area contributed by atoms with Gasteiger partial charge in [-0.15, -0.1) is 0 Å². The number of aliphatic imine (C=N–C) groups is 1. The van der Waals surface area contributed by atoms with E-state index in [1.807, 2.05) is 18.2 Å².